The van der Waals surface area contributed by atoms with Crippen molar-refractivity contribution in [3.05, 3.63) is 0 Å². The van der Waals surface area contributed by atoms with Crippen LogP contribution >= 0.6 is 15.6 Å². The van der Waals surface area contributed by atoms with Crippen molar-refractivity contribution in [1.29, 1.82) is 0 Å². The number of phosphoric ester groups is 2. The summed E-state index contributed by atoms with van der Waals surface area (Å²) < 4.78 is 68.4. The van der Waals surface area contributed by atoms with Crippen LogP contribution in [0.2, 0.25) is 0 Å². The Morgan fingerprint density at radius 2 is 0.447 bits per heavy atom. The Morgan fingerprint density at radius 3 is 0.660 bits per heavy atom. The standard InChI is InChI=1S/C75H146O17P2/c1-65(2)51-43-35-27-21-17-15-13-11-9-10-12-14-16-18-23-30-39-47-55-72(77)85-61-70(91-74(79)57-49-41-32-24-20-19-22-28-36-44-52-66(3)4)63-89-93(81,82)87-59-69(76)60-88-94(83,84)90-64-71(92-75(80)58-50-42-34-33-38-46-54-68(7)8)62-86-73(78)56-48-40-31-26-25-29-37-45-53-67(5)6/h65-71,76H,9-64H2,1-8H3,(H,81,82)(H,83,84)/t69?,70-,71-/m1/s1. The summed E-state index contributed by atoms with van der Waals surface area (Å²) in [6.45, 7) is 14.1. The monoisotopic (exact) mass is 1380 g/mol. The molecule has 3 unspecified atom stereocenters. The van der Waals surface area contributed by atoms with Gasteiger partial charge in [-0.3, -0.25) is 37.3 Å². The van der Waals surface area contributed by atoms with E-state index < -0.39 is 97.5 Å². The van der Waals surface area contributed by atoms with Crippen LogP contribution in [0, 0.1) is 23.7 Å². The highest BCUT2D eigenvalue weighted by Crippen LogP contribution is 2.45. The number of carbonyl (C=O) groups is 4. The molecule has 19 heteroatoms. The van der Waals surface area contributed by atoms with Gasteiger partial charge in [0.05, 0.1) is 26.4 Å². The van der Waals surface area contributed by atoms with E-state index in [1.165, 1.54) is 180 Å². The number of ether oxygens (including phenoxy) is 4. The zero-order valence-electron chi connectivity index (χ0n) is 61.6. The van der Waals surface area contributed by atoms with Crippen molar-refractivity contribution in [1.82, 2.24) is 0 Å². The Hall–Kier alpha value is -1.94. The third-order valence-corrected chi connectivity index (χ3v) is 19.2. The van der Waals surface area contributed by atoms with Crippen LogP contribution in [0.25, 0.3) is 0 Å². The second kappa shape index (κ2) is 64.4. The first-order chi connectivity index (χ1) is 45.1. The van der Waals surface area contributed by atoms with Gasteiger partial charge < -0.3 is 33.8 Å². The molecule has 0 aromatic heterocycles. The molecule has 0 saturated carbocycles. The van der Waals surface area contributed by atoms with E-state index in [1.54, 1.807) is 0 Å². The number of hydrogen-bond donors (Lipinski definition) is 3. The largest absolute Gasteiger partial charge is 0.472 e. The summed E-state index contributed by atoms with van der Waals surface area (Å²) in [5.74, 6) is 0.842. The molecule has 0 heterocycles. The summed E-state index contributed by atoms with van der Waals surface area (Å²) in [6.07, 6.45) is 49.0. The van der Waals surface area contributed by atoms with Crippen LogP contribution in [-0.4, -0.2) is 96.7 Å². The molecule has 558 valence electrons. The maximum atomic E-state index is 13.1. The van der Waals surface area contributed by atoms with Crippen molar-refractivity contribution >= 4 is 39.5 Å². The fourth-order valence-corrected chi connectivity index (χ4v) is 13.0. The summed E-state index contributed by atoms with van der Waals surface area (Å²) in [6, 6.07) is 0. The second-order valence-electron chi connectivity index (χ2n) is 28.9. The maximum absolute atomic E-state index is 13.1. The van der Waals surface area contributed by atoms with Gasteiger partial charge in [-0.2, -0.15) is 0 Å². The highest BCUT2D eigenvalue weighted by molar-refractivity contribution is 7.47. The molecule has 17 nitrogen and oxygen atoms in total. The number of aliphatic hydroxyl groups excluding tert-OH is 1. The molecule has 3 N–H and O–H groups in total. The predicted octanol–water partition coefficient (Wildman–Crippen LogP) is 21.7. The van der Waals surface area contributed by atoms with Gasteiger partial charge in [-0.15, -0.1) is 0 Å². The number of carbonyl (C=O) groups excluding carboxylic acids is 4. The SMILES string of the molecule is CC(C)CCCCCCCCCCCCCCCCCCCCC(=O)OC[C@H](COP(=O)(O)OCC(O)COP(=O)(O)OC[C@@H](COC(=O)CCCCCCCCCCC(C)C)OC(=O)CCCCCCCCC(C)C)OC(=O)CCCCCCCCCCCCC(C)C. The third-order valence-electron chi connectivity index (χ3n) is 17.3. The van der Waals surface area contributed by atoms with E-state index in [0.717, 1.165) is 108 Å². The average molecular weight is 1380 g/mol. The summed E-state index contributed by atoms with van der Waals surface area (Å²) in [7, 11) is -9.91. The molecule has 0 aromatic rings. The van der Waals surface area contributed by atoms with Crippen molar-refractivity contribution in [3.63, 3.8) is 0 Å². The molecule has 0 saturated heterocycles. The van der Waals surface area contributed by atoms with Crippen molar-refractivity contribution in [2.24, 2.45) is 23.7 Å². The Balaban J connectivity index is 5.16. The minimum Gasteiger partial charge on any atom is -0.462 e. The molecule has 0 aliphatic heterocycles. The van der Waals surface area contributed by atoms with Crippen LogP contribution in [0.1, 0.15) is 376 Å². The van der Waals surface area contributed by atoms with Gasteiger partial charge >= 0.3 is 39.5 Å². The Bertz CT molecular complexity index is 1850. The number of esters is 4. The third kappa shape index (κ3) is 68.6. The van der Waals surface area contributed by atoms with E-state index >= 15 is 0 Å². The van der Waals surface area contributed by atoms with Gasteiger partial charge in [0.2, 0.25) is 0 Å². The Kier molecular flexibility index (Phi) is 63.1. The lowest BCUT2D eigenvalue weighted by Gasteiger charge is -2.21. The number of unbranched alkanes of at least 4 members (excludes halogenated alkanes) is 38. The molecule has 0 fully saturated rings. The zero-order chi connectivity index (χ0) is 69.6. The average Bonchev–Trinajstić information content (AvgIpc) is 2.18. The first-order valence-electron chi connectivity index (χ1n) is 38.7. The first kappa shape index (κ1) is 92.1. The van der Waals surface area contributed by atoms with E-state index in [4.69, 9.17) is 37.0 Å². The van der Waals surface area contributed by atoms with Gasteiger partial charge in [-0.05, 0) is 49.4 Å². The van der Waals surface area contributed by atoms with Crippen LogP contribution in [0.3, 0.4) is 0 Å². The van der Waals surface area contributed by atoms with Crippen molar-refractivity contribution in [2.75, 3.05) is 39.6 Å². The first-order valence-corrected chi connectivity index (χ1v) is 41.7. The molecule has 0 aliphatic carbocycles. The lowest BCUT2D eigenvalue weighted by molar-refractivity contribution is -0.161. The molecule has 0 amide bonds. The molecular formula is C75H146O17P2. The van der Waals surface area contributed by atoms with Gasteiger partial charge in [-0.25, -0.2) is 9.13 Å². The normalized spacial score (nSPS) is 14.2. The summed E-state index contributed by atoms with van der Waals surface area (Å²) >= 11 is 0. The van der Waals surface area contributed by atoms with Crippen LogP contribution < -0.4 is 0 Å². The van der Waals surface area contributed by atoms with Gasteiger partial charge in [0.15, 0.2) is 12.2 Å². The molecule has 0 aliphatic rings. The van der Waals surface area contributed by atoms with Crippen LogP contribution in [0.5, 0.6) is 0 Å². The van der Waals surface area contributed by atoms with Crippen molar-refractivity contribution < 1.29 is 80.2 Å². The number of rotatable bonds is 72. The second-order valence-corrected chi connectivity index (χ2v) is 31.9. The van der Waals surface area contributed by atoms with Gasteiger partial charge in [0.1, 0.15) is 19.3 Å². The molecule has 5 atom stereocenters. The quantitative estimate of drug-likeness (QED) is 0.0222. The topological polar surface area (TPSA) is 237 Å². The predicted molar refractivity (Wildman–Crippen MR) is 381 cm³/mol. The Morgan fingerprint density at radius 1 is 0.266 bits per heavy atom. The highest BCUT2D eigenvalue weighted by atomic mass is 31.2. The zero-order valence-corrected chi connectivity index (χ0v) is 63.4. The molecule has 0 aromatic carbocycles. The highest BCUT2D eigenvalue weighted by Gasteiger charge is 2.30. The molecule has 0 radical (unpaired) electrons. The lowest BCUT2D eigenvalue weighted by atomic mass is 10.0. The van der Waals surface area contributed by atoms with Crippen LogP contribution in [-0.2, 0) is 65.4 Å². The molecular weight excluding hydrogens is 1230 g/mol. The fourth-order valence-electron chi connectivity index (χ4n) is 11.4. The minimum absolute atomic E-state index is 0.101. The number of hydrogen-bond acceptors (Lipinski definition) is 15. The van der Waals surface area contributed by atoms with E-state index in [9.17, 15) is 43.2 Å². The van der Waals surface area contributed by atoms with Gasteiger partial charge in [0, 0.05) is 25.7 Å². The summed E-state index contributed by atoms with van der Waals surface area (Å²) in [5, 5.41) is 10.6. The number of aliphatic hydroxyl groups is 1. The smallest absolute Gasteiger partial charge is 0.462 e. The van der Waals surface area contributed by atoms with E-state index in [-0.39, 0.29) is 25.7 Å². The Labute approximate surface area is 575 Å². The summed E-state index contributed by atoms with van der Waals surface area (Å²) in [4.78, 5) is 72.6. The number of phosphoric acid groups is 2. The van der Waals surface area contributed by atoms with Gasteiger partial charge in [0.25, 0.3) is 0 Å². The lowest BCUT2D eigenvalue weighted by Crippen LogP contribution is -2.30. The maximum Gasteiger partial charge on any atom is 0.472 e. The molecule has 0 spiro atoms. The van der Waals surface area contributed by atoms with E-state index in [0.29, 0.717) is 31.6 Å². The van der Waals surface area contributed by atoms with E-state index in [2.05, 4.69) is 55.4 Å². The molecule has 0 bridgehead atoms. The summed E-state index contributed by atoms with van der Waals surface area (Å²) in [5.41, 5.74) is 0. The minimum atomic E-state index is -4.96. The molecule has 94 heavy (non-hydrogen) atoms. The molecule has 0 rings (SSSR count). The van der Waals surface area contributed by atoms with Crippen LogP contribution in [0.4, 0.5) is 0 Å². The van der Waals surface area contributed by atoms with Crippen molar-refractivity contribution in [3.8, 4) is 0 Å². The van der Waals surface area contributed by atoms with Crippen molar-refractivity contribution in [2.45, 2.75) is 395 Å². The van der Waals surface area contributed by atoms with Crippen LogP contribution in [0.15, 0.2) is 0 Å². The van der Waals surface area contributed by atoms with E-state index in [1.807, 2.05) is 0 Å². The fraction of sp³-hybridized carbons (Fsp3) is 0.947. The van der Waals surface area contributed by atoms with Gasteiger partial charge in [-0.1, -0.05) is 325 Å².